The highest BCUT2D eigenvalue weighted by Gasteiger charge is 2.28. The molecule has 16 heavy (non-hydrogen) atoms. The lowest BCUT2D eigenvalue weighted by Gasteiger charge is -2.38. The maximum Gasteiger partial charge on any atom is 0.264 e. The topological polar surface area (TPSA) is 32.3 Å². The number of carbonyl (C=O) groups excluding carboxylic acids is 1. The van der Waals surface area contributed by atoms with Gasteiger partial charge in [0.25, 0.3) is 5.91 Å². The van der Waals surface area contributed by atoms with Gasteiger partial charge in [-0.3, -0.25) is 4.79 Å². The molecule has 5 heteroatoms. The van der Waals surface area contributed by atoms with Gasteiger partial charge < -0.3 is 10.2 Å². The van der Waals surface area contributed by atoms with Crippen molar-refractivity contribution >= 4 is 29.7 Å². The van der Waals surface area contributed by atoms with E-state index in [1.54, 1.807) is 0 Å². The third-order valence-electron chi connectivity index (χ3n) is 3.03. The lowest BCUT2D eigenvalue weighted by atomic mass is 10.1. The van der Waals surface area contributed by atoms with Crippen molar-refractivity contribution in [3.63, 3.8) is 0 Å². The van der Waals surface area contributed by atoms with Crippen molar-refractivity contribution in [2.75, 3.05) is 13.1 Å². The Morgan fingerprint density at radius 3 is 2.94 bits per heavy atom. The second-order valence-corrected chi connectivity index (χ2v) is 4.91. The van der Waals surface area contributed by atoms with Crippen LogP contribution in [0.1, 0.15) is 23.5 Å². The Labute approximate surface area is 106 Å². The number of nitrogens with zero attached hydrogens (tertiary/aromatic N) is 1. The lowest BCUT2D eigenvalue weighted by Crippen LogP contribution is -2.57. The van der Waals surface area contributed by atoms with E-state index in [9.17, 15) is 4.79 Å². The van der Waals surface area contributed by atoms with Crippen LogP contribution in [0.15, 0.2) is 17.5 Å². The van der Waals surface area contributed by atoms with Crippen molar-refractivity contribution in [2.45, 2.75) is 25.9 Å². The van der Waals surface area contributed by atoms with Gasteiger partial charge >= 0.3 is 0 Å². The first-order valence-corrected chi connectivity index (χ1v) is 6.16. The van der Waals surface area contributed by atoms with Crippen molar-refractivity contribution in [1.82, 2.24) is 10.2 Å². The molecule has 1 fully saturated rings. The third kappa shape index (κ3) is 2.56. The summed E-state index contributed by atoms with van der Waals surface area (Å²) in [6, 6.07) is 4.47. The Balaban J connectivity index is 0.00000128. The van der Waals surface area contributed by atoms with Gasteiger partial charge in [-0.2, -0.15) is 0 Å². The van der Waals surface area contributed by atoms with Crippen LogP contribution in [0.3, 0.4) is 0 Å². The van der Waals surface area contributed by atoms with Crippen molar-refractivity contribution in [3.05, 3.63) is 22.4 Å². The number of hydrogen-bond acceptors (Lipinski definition) is 3. The number of amides is 1. The molecule has 3 nitrogen and oxygen atoms in total. The van der Waals surface area contributed by atoms with Gasteiger partial charge in [-0.1, -0.05) is 6.07 Å². The molecule has 1 aliphatic heterocycles. The summed E-state index contributed by atoms with van der Waals surface area (Å²) >= 11 is 1.52. The van der Waals surface area contributed by atoms with Crippen LogP contribution in [-0.4, -0.2) is 36.0 Å². The average molecular weight is 261 g/mol. The first kappa shape index (κ1) is 13.5. The number of carbonyl (C=O) groups is 1. The molecule has 1 aromatic heterocycles. The number of hydrogen-bond donors (Lipinski definition) is 1. The monoisotopic (exact) mass is 260 g/mol. The van der Waals surface area contributed by atoms with Crippen molar-refractivity contribution in [2.24, 2.45) is 0 Å². The summed E-state index contributed by atoms with van der Waals surface area (Å²) in [6.07, 6.45) is 0. The fraction of sp³-hybridized carbons (Fsp3) is 0.545. The summed E-state index contributed by atoms with van der Waals surface area (Å²) < 4.78 is 0. The second kappa shape index (κ2) is 5.66. The van der Waals surface area contributed by atoms with Crippen LogP contribution in [0.5, 0.6) is 0 Å². The fourth-order valence-electron chi connectivity index (χ4n) is 1.89. The number of rotatable bonds is 1. The highest BCUT2D eigenvalue weighted by molar-refractivity contribution is 7.12. The summed E-state index contributed by atoms with van der Waals surface area (Å²) in [5.41, 5.74) is 0. The standard InChI is InChI=1S/C11H16N2OS.ClH/c1-8-9(2)13(6-5-12-8)11(14)10-4-3-7-15-10;/h3-4,7-9,12H,5-6H2,1-2H3;1H. The van der Waals surface area contributed by atoms with Crippen LogP contribution in [0.2, 0.25) is 0 Å². The summed E-state index contributed by atoms with van der Waals surface area (Å²) in [7, 11) is 0. The molecule has 2 unspecified atom stereocenters. The summed E-state index contributed by atoms with van der Waals surface area (Å²) in [5.74, 6) is 0.172. The van der Waals surface area contributed by atoms with Crippen LogP contribution >= 0.6 is 23.7 Å². The zero-order chi connectivity index (χ0) is 10.8. The van der Waals surface area contributed by atoms with Gasteiger partial charge in [-0.15, -0.1) is 23.7 Å². The van der Waals surface area contributed by atoms with Gasteiger partial charge in [0.15, 0.2) is 0 Å². The summed E-state index contributed by atoms with van der Waals surface area (Å²) in [6.45, 7) is 5.92. The molecule has 0 aromatic carbocycles. The largest absolute Gasteiger partial charge is 0.332 e. The molecule has 1 aliphatic rings. The van der Waals surface area contributed by atoms with E-state index in [1.807, 2.05) is 22.4 Å². The van der Waals surface area contributed by atoms with E-state index in [0.717, 1.165) is 18.0 Å². The van der Waals surface area contributed by atoms with E-state index >= 15 is 0 Å². The minimum Gasteiger partial charge on any atom is -0.332 e. The fourth-order valence-corrected chi connectivity index (χ4v) is 2.56. The molecule has 2 atom stereocenters. The molecule has 0 spiro atoms. The average Bonchev–Trinajstić information content (AvgIpc) is 2.74. The molecule has 0 bridgehead atoms. The molecule has 1 aromatic rings. The highest BCUT2D eigenvalue weighted by atomic mass is 35.5. The molecule has 2 heterocycles. The molecule has 1 amide bonds. The SMILES string of the molecule is CC1NCCN(C(=O)c2cccs2)C1C.Cl. The number of nitrogens with one attached hydrogen (secondary N) is 1. The second-order valence-electron chi connectivity index (χ2n) is 3.96. The van der Waals surface area contributed by atoms with Crippen LogP contribution in [0.25, 0.3) is 0 Å². The van der Waals surface area contributed by atoms with Crippen LogP contribution in [0.4, 0.5) is 0 Å². The van der Waals surface area contributed by atoms with Gasteiger partial charge in [0, 0.05) is 25.2 Å². The van der Waals surface area contributed by atoms with Crippen LogP contribution < -0.4 is 5.32 Å². The number of thiophene rings is 1. The van der Waals surface area contributed by atoms with Crippen molar-refractivity contribution < 1.29 is 4.79 Å². The highest BCUT2D eigenvalue weighted by Crippen LogP contribution is 2.16. The van der Waals surface area contributed by atoms with E-state index in [0.29, 0.717) is 6.04 Å². The quantitative estimate of drug-likeness (QED) is 0.838. The van der Waals surface area contributed by atoms with E-state index in [-0.39, 0.29) is 24.4 Å². The number of piperazine rings is 1. The molecule has 0 aliphatic carbocycles. The molecular weight excluding hydrogens is 244 g/mol. The van der Waals surface area contributed by atoms with E-state index in [2.05, 4.69) is 19.2 Å². The predicted molar refractivity (Wildman–Crippen MR) is 69.5 cm³/mol. The zero-order valence-electron chi connectivity index (χ0n) is 9.47. The molecule has 1 N–H and O–H groups in total. The molecule has 0 radical (unpaired) electrons. The maximum atomic E-state index is 12.1. The molecule has 0 saturated carbocycles. The minimum absolute atomic E-state index is 0. The van der Waals surface area contributed by atoms with E-state index < -0.39 is 0 Å². The van der Waals surface area contributed by atoms with Crippen molar-refractivity contribution in [3.8, 4) is 0 Å². The van der Waals surface area contributed by atoms with Gasteiger partial charge in [0.2, 0.25) is 0 Å². The molecule has 1 saturated heterocycles. The van der Waals surface area contributed by atoms with E-state index in [1.165, 1.54) is 11.3 Å². The van der Waals surface area contributed by atoms with Gasteiger partial charge in [-0.25, -0.2) is 0 Å². The first-order valence-electron chi connectivity index (χ1n) is 5.28. The maximum absolute atomic E-state index is 12.1. The Morgan fingerprint density at radius 2 is 2.31 bits per heavy atom. The Bertz CT molecular complexity index is 342. The molecule has 90 valence electrons. The van der Waals surface area contributed by atoms with Gasteiger partial charge in [0.05, 0.1) is 4.88 Å². The molecular formula is C11H17ClN2OS. The zero-order valence-corrected chi connectivity index (χ0v) is 11.1. The lowest BCUT2D eigenvalue weighted by molar-refractivity contribution is 0.0608. The first-order chi connectivity index (χ1) is 7.20. The summed E-state index contributed by atoms with van der Waals surface area (Å²) in [5, 5.41) is 5.32. The van der Waals surface area contributed by atoms with Gasteiger partial charge in [-0.05, 0) is 25.3 Å². The van der Waals surface area contributed by atoms with E-state index in [4.69, 9.17) is 0 Å². The third-order valence-corrected chi connectivity index (χ3v) is 3.88. The Hall–Kier alpha value is -0.580. The molecule has 2 rings (SSSR count). The minimum atomic E-state index is 0. The predicted octanol–water partition coefficient (Wildman–Crippen LogP) is 1.99. The summed E-state index contributed by atoms with van der Waals surface area (Å²) in [4.78, 5) is 14.9. The van der Waals surface area contributed by atoms with Crippen LogP contribution in [0, 0.1) is 0 Å². The normalized spacial score (nSPS) is 25.0. The van der Waals surface area contributed by atoms with Crippen molar-refractivity contribution in [1.29, 1.82) is 0 Å². The van der Waals surface area contributed by atoms with Crippen LogP contribution in [-0.2, 0) is 0 Å². The smallest absolute Gasteiger partial charge is 0.264 e. The van der Waals surface area contributed by atoms with Gasteiger partial charge in [0.1, 0.15) is 0 Å². The Morgan fingerprint density at radius 1 is 1.56 bits per heavy atom. The Kier molecular flexibility index (Phi) is 4.77. The number of halogens is 1.